The summed E-state index contributed by atoms with van der Waals surface area (Å²) in [6.07, 6.45) is -0.0818. The summed E-state index contributed by atoms with van der Waals surface area (Å²) in [7, 11) is 0. The highest BCUT2D eigenvalue weighted by Crippen LogP contribution is 2.16. The van der Waals surface area contributed by atoms with Crippen molar-refractivity contribution in [2.75, 3.05) is 13.1 Å². The van der Waals surface area contributed by atoms with Crippen molar-refractivity contribution in [1.29, 1.82) is 0 Å². The maximum Gasteiger partial charge on any atom is 0.410 e. The molecule has 2 atom stereocenters. The van der Waals surface area contributed by atoms with E-state index < -0.39 is 18.2 Å². The lowest BCUT2D eigenvalue weighted by Crippen LogP contribution is -2.39. The Bertz CT molecular complexity index is 516. The second kappa shape index (κ2) is 7.52. The number of aliphatic hydroxyl groups is 1. The molecule has 1 aliphatic rings. The van der Waals surface area contributed by atoms with Crippen LogP contribution in [0.3, 0.4) is 0 Å². The van der Waals surface area contributed by atoms with Gasteiger partial charge in [0.05, 0.1) is 18.7 Å². The lowest BCUT2D eigenvalue weighted by molar-refractivity contribution is 0.0702. The summed E-state index contributed by atoms with van der Waals surface area (Å²) in [6.45, 7) is 0.811. The van der Waals surface area contributed by atoms with Crippen LogP contribution >= 0.6 is 0 Å². The molecule has 7 nitrogen and oxygen atoms in total. The van der Waals surface area contributed by atoms with Crippen molar-refractivity contribution < 1.29 is 14.6 Å². The van der Waals surface area contributed by atoms with Gasteiger partial charge in [-0.2, -0.15) is 0 Å². The van der Waals surface area contributed by atoms with Gasteiger partial charge in [0, 0.05) is 11.5 Å². The molecule has 0 unspecified atom stereocenters. The molecule has 21 heavy (non-hydrogen) atoms. The van der Waals surface area contributed by atoms with Gasteiger partial charge in [-0.3, -0.25) is 0 Å². The number of carbonyl (C=O) groups excluding carboxylic acids is 1. The Balaban J connectivity index is 1.89. The summed E-state index contributed by atoms with van der Waals surface area (Å²) in [5, 5.41) is 13.5. The van der Waals surface area contributed by atoms with Crippen molar-refractivity contribution in [3.8, 4) is 0 Å². The van der Waals surface area contributed by atoms with Crippen LogP contribution in [0.25, 0.3) is 10.4 Å². The van der Waals surface area contributed by atoms with Gasteiger partial charge < -0.3 is 14.7 Å². The lowest BCUT2D eigenvalue weighted by Gasteiger charge is -2.22. The highest BCUT2D eigenvalue weighted by atomic mass is 16.6. The van der Waals surface area contributed by atoms with Gasteiger partial charge in [-0.05, 0) is 23.9 Å². The quantitative estimate of drug-likeness (QED) is 0.526. The van der Waals surface area contributed by atoms with E-state index in [2.05, 4.69) is 10.0 Å². The van der Waals surface area contributed by atoms with Crippen LogP contribution in [-0.2, 0) is 11.3 Å². The Kier molecular flexibility index (Phi) is 5.43. The van der Waals surface area contributed by atoms with Gasteiger partial charge in [-0.25, -0.2) is 4.79 Å². The Morgan fingerprint density at radius 3 is 2.95 bits per heavy atom. The second-order valence-electron chi connectivity index (χ2n) is 4.97. The molecule has 1 aliphatic heterocycles. The summed E-state index contributed by atoms with van der Waals surface area (Å²) in [5.74, 6) is 0. The van der Waals surface area contributed by atoms with Crippen molar-refractivity contribution in [3.63, 3.8) is 0 Å². The van der Waals surface area contributed by atoms with E-state index in [1.807, 2.05) is 30.3 Å². The number of amides is 1. The maximum absolute atomic E-state index is 12.0. The number of ether oxygens (including phenoxy) is 1. The fourth-order valence-electron chi connectivity index (χ4n) is 2.30. The molecular weight excluding hydrogens is 272 g/mol. The average molecular weight is 290 g/mol. The van der Waals surface area contributed by atoms with Crippen LogP contribution in [0.2, 0.25) is 0 Å². The molecule has 2 rings (SSSR count). The minimum absolute atomic E-state index is 0.122. The molecule has 1 aromatic carbocycles. The number of azide groups is 1. The molecule has 1 N–H and O–H groups in total. The molecule has 1 fully saturated rings. The second-order valence-corrected chi connectivity index (χ2v) is 4.97. The maximum atomic E-state index is 12.0. The van der Waals surface area contributed by atoms with Gasteiger partial charge in [-0.15, -0.1) is 0 Å². The third-order valence-electron chi connectivity index (χ3n) is 3.44. The minimum Gasteiger partial charge on any atom is -0.445 e. The molecule has 0 radical (unpaired) electrons. The number of carbonyl (C=O) groups is 1. The van der Waals surface area contributed by atoms with Crippen LogP contribution < -0.4 is 0 Å². The molecule has 1 amide bonds. The summed E-state index contributed by atoms with van der Waals surface area (Å²) in [6, 6.07) is 8.92. The Labute approximate surface area is 122 Å². The zero-order valence-electron chi connectivity index (χ0n) is 11.6. The molecule has 112 valence electrons. The SMILES string of the molecule is [N-]=[N+]=N[C@H]1CCCN(C(=O)OCc2ccccc2)C[C@@H]1O. The van der Waals surface area contributed by atoms with Crippen LogP contribution in [0.5, 0.6) is 0 Å². The van der Waals surface area contributed by atoms with Gasteiger partial charge >= 0.3 is 6.09 Å². The van der Waals surface area contributed by atoms with Crippen molar-refractivity contribution in [1.82, 2.24) is 4.90 Å². The number of hydrogen-bond acceptors (Lipinski definition) is 4. The third kappa shape index (κ3) is 4.37. The van der Waals surface area contributed by atoms with Gasteiger partial charge in [0.15, 0.2) is 0 Å². The van der Waals surface area contributed by atoms with E-state index in [4.69, 9.17) is 10.3 Å². The normalized spacial score (nSPS) is 22.0. The number of aliphatic hydroxyl groups excluding tert-OH is 1. The number of benzene rings is 1. The van der Waals surface area contributed by atoms with E-state index in [1.54, 1.807) is 0 Å². The van der Waals surface area contributed by atoms with Gasteiger partial charge in [0.2, 0.25) is 0 Å². The summed E-state index contributed by atoms with van der Waals surface area (Å²) in [4.78, 5) is 16.2. The third-order valence-corrected chi connectivity index (χ3v) is 3.44. The Hall–Kier alpha value is -2.24. The largest absolute Gasteiger partial charge is 0.445 e. The summed E-state index contributed by atoms with van der Waals surface area (Å²) >= 11 is 0. The first-order chi connectivity index (χ1) is 10.2. The van der Waals surface area contributed by atoms with Crippen LogP contribution in [0.4, 0.5) is 4.79 Å². The molecule has 1 aromatic rings. The number of rotatable bonds is 3. The Morgan fingerprint density at radius 1 is 1.48 bits per heavy atom. The number of β-amino-alcohol motifs (C(OH)–C–C–N with tert-alkyl or cyclic N) is 1. The van der Waals surface area contributed by atoms with E-state index in [9.17, 15) is 9.90 Å². The van der Waals surface area contributed by atoms with Crippen LogP contribution in [-0.4, -0.2) is 41.3 Å². The smallest absolute Gasteiger partial charge is 0.410 e. The molecule has 1 saturated heterocycles. The Morgan fingerprint density at radius 2 is 2.24 bits per heavy atom. The first-order valence-corrected chi connectivity index (χ1v) is 6.88. The lowest BCUT2D eigenvalue weighted by atomic mass is 10.1. The van der Waals surface area contributed by atoms with E-state index in [0.717, 1.165) is 5.56 Å². The van der Waals surface area contributed by atoms with Crippen molar-refractivity contribution in [2.45, 2.75) is 31.6 Å². The molecule has 0 aromatic heterocycles. The van der Waals surface area contributed by atoms with Gasteiger partial charge in [-0.1, -0.05) is 35.4 Å². The molecule has 1 heterocycles. The minimum atomic E-state index is -0.854. The summed E-state index contributed by atoms with van der Waals surface area (Å²) in [5.41, 5.74) is 9.37. The van der Waals surface area contributed by atoms with E-state index in [0.29, 0.717) is 19.4 Å². The zero-order chi connectivity index (χ0) is 15.1. The van der Waals surface area contributed by atoms with Crippen molar-refractivity contribution in [2.24, 2.45) is 5.11 Å². The van der Waals surface area contributed by atoms with Crippen LogP contribution in [0.1, 0.15) is 18.4 Å². The van der Waals surface area contributed by atoms with Gasteiger partial charge in [0.25, 0.3) is 0 Å². The topological polar surface area (TPSA) is 98.5 Å². The van der Waals surface area contributed by atoms with Crippen molar-refractivity contribution >= 4 is 6.09 Å². The molecule has 0 bridgehead atoms. The predicted octanol–water partition coefficient (Wildman–Crippen LogP) is 2.46. The fraction of sp³-hybridized carbons (Fsp3) is 0.500. The predicted molar refractivity (Wildman–Crippen MR) is 76.4 cm³/mol. The van der Waals surface area contributed by atoms with E-state index >= 15 is 0 Å². The molecule has 0 saturated carbocycles. The zero-order valence-corrected chi connectivity index (χ0v) is 11.6. The number of hydrogen-bond donors (Lipinski definition) is 1. The average Bonchev–Trinajstić information content (AvgIpc) is 2.69. The number of nitrogens with zero attached hydrogens (tertiary/aromatic N) is 4. The highest BCUT2D eigenvalue weighted by Gasteiger charge is 2.27. The van der Waals surface area contributed by atoms with Crippen molar-refractivity contribution in [3.05, 3.63) is 46.3 Å². The summed E-state index contributed by atoms with van der Waals surface area (Å²) < 4.78 is 5.24. The highest BCUT2D eigenvalue weighted by molar-refractivity contribution is 5.67. The van der Waals surface area contributed by atoms with Crippen LogP contribution in [0, 0.1) is 0 Å². The first kappa shape index (κ1) is 15.2. The van der Waals surface area contributed by atoms with Gasteiger partial charge in [0.1, 0.15) is 6.61 Å². The standard InChI is InChI=1S/C14H18N4O3/c15-17-16-12-7-4-8-18(9-13(12)19)14(20)21-10-11-5-2-1-3-6-11/h1-3,5-6,12-13,19H,4,7-10H2/t12-,13-/m0/s1. The van der Waals surface area contributed by atoms with Crippen LogP contribution in [0.15, 0.2) is 35.4 Å². The molecule has 0 aliphatic carbocycles. The molecular formula is C14H18N4O3. The number of likely N-dealkylation sites (tertiary alicyclic amines) is 1. The first-order valence-electron chi connectivity index (χ1n) is 6.88. The van der Waals surface area contributed by atoms with E-state index in [1.165, 1.54) is 4.90 Å². The monoisotopic (exact) mass is 290 g/mol. The molecule has 7 heteroatoms. The fourth-order valence-corrected chi connectivity index (χ4v) is 2.30. The van der Waals surface area contributed by atoms with E-state index in [-0.39, 0.29) is 13.2 Å². The molecule has 0 spiro atoms.